The normalized spacial score (nSPS) is 11.2. The Bertz CT molecular complexity index is 918. The average Bonchev–Trinajstić information content (AvgIpc) is 2.92. The van der Waals surface area contributed by atoms with Crippen molar-refractivity contribution >= 4 is 28.0 Å². The maximum Gasteiger partial charge on any atom is 0.205 e. The molecule has 7 heteroatoms. The summed E-state index contributed by atoms with van der Waals surface area (Å²) < 4.78 is 1.59. The van der Waals surface area contributed by atoms with Crippen molar-refractivity contribution in [3.63, 3.8) is 0 Å². The van der Waals surface area contributed by atoms with Crippen LogP contribution in [0.1, 0.15) is 0 Å². The van der Waals surface area contributed by atoms with E-state index in [0.29, 0.717) is 22.3 Å². The lowest BCUT2D eigenvalue weighted by molar-refractivity contribution is 0.936. The molecule has 0 unspecified atom stereocenters. The van der Waals surface area contributed by atoms with E-state index in [-0.39, 0.29) is 0 Å². The lowest BCUT2D eigenvalue weighted by Gasteiger charge is -2.02. The second kappa shape index (κ2) is 4.21. The van der Waals surface area contributed by atoms with Crippen LogP contribution in [0.3, 0.4) is 0 Å². The number of benzene rings is 1. The average molecular weight is 283 g/mol. The van der Waals surface area contributed by atoms with Gasteiger partial charge in [-0.15, -0.1) is 10.2 Å². The van der Waals surface area contributed by atoms with Gasteiger partial charge in [0.25, 0.3) is 0 Å². The minimum absolute atomic E-state index is 0.401. The summed E-state index contributed by atoms with van der Waals surface area (Å²) in [7, 11) is 0. The second-order valence-corrected chi connectivity index (χ2v) is 4.54. The molecule has 0 atom stereocenters. The number of aromatic nitrogens is 6. The fourth-order valence-corrected chi connectivity index (χ4v) is 2.36. The number of nitrogens with zero attached hydrogens (tertiary/aromatic N) is 6. The Morgan fingerprint density at radius 3 is 2.65 bits per heavy atom. The van der Waals surface area contributed by atoms with E-state index in [1.165, 1.54) is 0 Å². The van der Waals surface area contributed by atoms with Crippen molar-refractivity contribution in [1.82, 2.24) is 29.8 Å². The molecule has 4 aromatic rings. The van der Waals surface area contributed by atoms with Crippen molar-refractivity contribution in [2.75, 3.05) is 0 Å². The summed E-state index contributed by atoms with van der Waals surface area (Å²) in [5, 5.41) is 14.8. The van der Waals surface area contributed by atoms with Crippen LogP contribution in [0.2, 0.25) is 5.15 Å². The van der Waals surface area contributed by atoms with Gasteiger partial charge >= 0.3 is 0 Å². The highest BCUT2D eigenvalue weighted by Gasteiger charge is 2.14. The maximum absolute atomic E-state index is 6.23. The van der Waals surface area contributed by atoms with Gasteiger partial charge in [-0.25, -0.2) is 4.98 Å². The molecule has 0 aliphatic heterocycles. The molecule has 0 radical (unpaired) electrons. The van der Waals surface area contributed by atoms with Gasteiger partial charge in [0, 0.05) is 23.2 Å². The van der Waals surface area contributed by atoms with Crippen LogP contribution < -0.4 is 0 Å². The van der Waals surface area contributed by atoms with Crippen LogP contribution in [0.5, 0.6) is 0 Å². The van der Waals surface area contributed by atoms with Gasteiger partial charge in [-0.1, -0.05) is 35.9 Å². The van der Waals surface area contributed by atoms with E-state index in [9.17, 15) is 0 Å². The molecule has 3 aromatic heterocycles. The SMILES string of the molecule is Clc1nn2c(-c3cnccn3)nnc2c2ccccc12. The Labute approximate surface area is 118 Å². The fraction of sp³-hybridized carbons (Fsp3) is 0. The Balaban J connectivity index is 2.12. The first-order valence-electron chi connectivity index (χ1n) is 5.90. The van der Waals surface area contributed by atoms with Crippen LogP contribution in [0.25, 0.3) is 27.9 Å². The molecule has 0 saturated carbocycles. The highest BCUT2D eigenvalue weighted by Crippen LogP contribution is 2.26. The molecule has 0 fully saturated rings. The topological polar surface area (TPSA) is 68.9 Å². The number of halogens is 1. The molecule has 0 N–H and O–H groups in total. The Kier molecular flexibility index (Phi) is 2.37. The van der Waals surface area contributed by atoms with E-state index in [0.717, 1.165) is 10.8 Å². The zero-order valence-electron chi connectivity index (χ0n) is 10.1. The highest BCUT2D eigenvalue weighted by atomic mass is 35.5. The van der Waals surface area contributed by atoms with Gasteiger partial charge in [-0.05, 0) is 0 Å². The van der Waals surface area contributed by atoms with Gasteiger partial charge < -0.3 is 0 Å². The van der Waals surface area contributed by atoms with Crippen LogP contribution in [-0.4, -0.2) is 29.8 Å². The van der Waals surface area contributed by atoms with Gasteiger partial charge in [0.2, 0.25) is 5.82 Å². The molecule has 0 spiro atoms. The first kappa shape index (κ1) is 11.2. The van der Waals surface area contributed by atoms with Crippen molar-refractivity contribution < 1.29 is 0 Å². The third-order valence-corrected chi connectivity index (χ3v) is 3.29. The maximum atomic E-state index is 6.23. The molecule has 0 amide bonds. The summed E-state index contributed by atoms with van der Waals surface area (Å²) in [6.45, 7) is 0. The fourth-order valence-electron chi connectivity index (χ4n) is 2.12. The van der Waals surface area contributed by atoms with Gasteiger partial charge in [0.1, 0.15) is 5.69 Å². The predicted octanol–water partition coefficient (Wildman–Crippen LogP) is 2.39. The molecule has 0 saturated heterocycles. The van der Waals surface area contributed by atoms with Crippen LogP contribution in [0, 0.1) is 0 Å². The van der Waals surface area contributed by atoms with Crippen molar-refractivity contribution in [3.05, 3.63) is 48.0 Å². The molecule has 4 rings (SSSR count). The Morgan fingerprint density at radius 1 is 1.00 bits per heavy atom. The van der Waals surface area contributed by atoms with Gasteiger partial charge in [0.05, 0.1) is 6.20 Å². The van der Waals surface area contributed by atoms with Crippen molar-refractivity contribution in [2.45, 2.75) is 0 Å². The predicted molar refractivity (Wildman–Crippen MR) is 74.3 cm³/mol. The summed E-state index contributed by atoms with van der Waals surface area (Å²) >= 11 is 6.23. The lowest BCUT2D eigenvalue weighted by atomic mass is 10.2. The largest absolute Gasteiger partial charge is 0.261 e. The van der Waals surface area contributed by atoms with Gasteiger partial charge in [0.15, 0.2) is 10.8 Å². The number of hydrogen-bond donors (Lipinski definition) is 0. The Hall–Kier alpha value is -2.60. The van der Waals surface area contributed by atoms with Crippen molar-refractivity contribution in [3.8, 4) is 11.5 Å². The smallest absolute Gasteiger partial charge is 0.205 e. The first-order chi connectivity index (χ1) is 9.84. The number of rotatable bonds is 1. The van der Waals surface area contributed by atoms with E-state index in [4.69, 9.17) is 11.6 Å². The molecule has 3 heterocycles. The summed E-state index contributed by atoms with van der Waals surface area (Å²) in [5.41, 5.74) is 1.24. The number of hydrogen-bond acceptors (Lipinski definition) is 5. The molecule has 0 aliphatic rings. The summed E-state index contributed by atoms with van der Waals surface area (Å²) in [6.07, 6.45) is 4.81. The van der Waals surface area contributed by atoms with Crippen molar-refractivity contribution in [2.24, 2.45) is 0 Å². The van der Waals surface area contributed by atoms with E-state index in [2.05, 4.69) is 25.3 Å². The quantitative estimate of drug-likeness (QED) is 0.536. The molecule has 1 aromatic carbocycles. The molecule has 96 valence electrons. The minimum Gasteiger partial charge on any atom is -0.261 e. The zero-order chi connectivity index (χ0) is 13.5. The lowest BCUT2D eigenvalue weighted by Crippen LogP contribution is -1.98. The molecule has 20 heavy (non-hydrogen) atoms. The molecule has 6 nitrogen and oxygen atoms in total. The highest BCUT2D eigenvalue weighted by molar-refractivity contribution is 6.34. The first-order valence-corrected chi connectivity index (χ1v) is 6.28. The standard InChI is InChI=1S/C13H7ClN6/c14-11-8-3-1-2-4-9(8)12-17-18-13(20(12)19-11)10-7-15-5-6-16-10/h1-7H. The van der Waals surface area contributed by atoms with E-state index in [1.54, 1.807) is 23.1 Å². The zero-order valence-corrected chi connectivity index (χ0v) is 10.9. The third-order valence-electron chi connectivity index (χ3n) is 3.01. The van der Waals surface area contributed by atoms with Crippen LogP contribution >= 0.6 is 11.6 Å². The second-order valence-electron chi connectivity index (χ2n) is 4.19. The molecule has 0 aliphatic carbocycles. The van der Waals surface area contributed by atoms with Gasteiger partial charge in [-0.3, -0.25) is 4.98 Å². The van der Waals surface area contributed by atoms with Crippen LogP contribution in [-0.2, 0) is 0 Å². The molecular weight excluding hydrogens is 276 g/mol. The van der Waals surface area contributed by atoms with Gasteiger partial charge in [-0.2, -0.15) is 9.61 Å². The van der Waals surface area contributed by atoms with Crippen LogP contribution in [0.4, 0.5) is 0 Å². The number of fused-ring (bicyclic) bond motifs is 3. The summed E-state index contributed by atoms with van der Waals surface area (Å²) in [5.74, 6) is 0.515. The van der Waals surface area contributed by atoms with E-state index in [1.807, 2.05) is 24.3 Å². The van der Waals surface area contributed by atoms with E-state index >= 15 is 0 Å². The minimum atomic E-state index is 0.401. The molecule has 0 bridgehead atoms. The van der Waals surface area contributed by atoms with Crippen LogP contribution in [0.15, 0.2) is 42.9 Å². The van der Waals surface area contributed by atoms with Crippen molar-refractivity contribution in [1.29, 1.82) is 0 Å². The third kappa shape index (κ3) is 1.55. The van der Waals surface area contributed by atoms with E-state index < -0.39 is 0 Å². The summed E-state index contributed by atoms with van der Waals surface area (Å²) in [4.78, 5) is 8.24. The summed E-state index contributed by atoms with van der Waals surface area (Å²) in [6, 6.07) is 7.68. The Morgan fingerprint density at radius 2 is 1.85 bits per heavy atom. The molecular formula is C13H7ClN6. The monoisotopic (exact) mass is 282 g/mol.